The lowest BCUT2D eigenvalue weighted by Crippen LogP contribution is -2.61. The summed E-state index contributed by atoms with van der Waals surface area (Å²) >= 11 is 0. The van der Waals surface area contributed by atoms with Crippen LogP contribution in [-0.4, -0.2) is 265 Å². The summed E-state index contributed by atoms with van der Waals surface area (Å²) < 4.78 is 41.0. The number of aliphatic hydroxyl groups is 2. The number of methoxy groups -OCH3 is 2. The maximum absolute atomic E-state index is 14.8. The van der Waals surface area contributed by atoms with Crippen molar-refractivity contribution in [1.82, 2.24) is 46.1 Å². The Kier molecular flexibility index (Phi) is 46.7. The molecular formula is C92H132N12O25S4. The number of ether oxygens (including phenoxy) is 7. The first-order valence-corrected chi connectivity index (χ1v) is 50.1. The van der Waals surface area contributed by atoms with E-state index in [0.717, 1.165) is 40.0 Å². The SMILES string of the molecule is CO[C@H]1C[C@@H]2CC[C@@H](C)[C@@](O)(O2)C(=O)C(=O)N2CCCC[C@H]2C(=O)O[C@H]([C@H](C)C[C@@H]2CC[C@@H](OCCOC(=O)CCCSSCCC(=O)NC[C@H](NC(C)=O)C(=O)C[C@@H](CSSCCOC(=O)NCC(=O)CC[C@H](NC(=O)c3ccc(NCc4cnc5nc(N)nc(N)c5n4)cc3)C(=O)O)C(=O)O)[C@H](C)C2)CC(=O)[C@H](C)/C=C(\C)[C@@H](O)[C@@H](OC)C(=O)[C@H](C)C[C@H](C)/C=C/C=C/C=C/1C. The smallest absolute Gasteiger partial charge is 0.407 e. The summed E-state index contributed by atoms with van der Waals surface area (Å²) in [7, 11) is 8.01. The van der Waals surface area contributed by atoms with Gasteiger partial charge in [0.1, 0.15) is 55.4 Å². The van der Waals surface area contributed by atoms with E-state index in [-0.39, 0.29) is 160 Å². The van der Waals surface area contributed by atoms with E-state index in [4.69, 9.17) is 44.6 Å². The number of carboxylic acid groups (broad SMARTS) is 2. The third kappa shape index (κ3) is 36.3. The van der Waals surface area contributed by atoms with Crippen LogP contribution in [0, 0.1) is 47.3 Å². The molecule has 0 spiro atoms. The van der Waals surface area contributed by atoms with Crippen LogP contribution in [0.1, 0.15) is 194 Å². The molecule has 1 saturated carbocycles. The number of allylic oxidation sites excluding steroid dienone is 6. The van der Waals surface area contributed by atoms with E-state index in [2.05, 4.69) is 53.4 Å². The van der Waals surface area contributed by atoms with Crippen molar-refractivity contribution in [2.24, 2.45) is 47.3 Å². The molecule has 0 unspecified atom stereocenters. The molecule has 1 aliphatic carbocycles. The number of piperidine rings is 1. The highest BCUT2D eigenvalue weighted by Gasteiger charge is 2.53. The van der Waals surface area contributed by atoms with Crippen LogP contribution >= 0.6 is 43.2 Å². The number of ketones is 5. The molecule has 133 heavy (non-hydrogen) atoms. The number of nitrogen functional groups attached to an aromatic ring is 2. The Morgan fingerprint density at radius 3 is 2.20 bits per heavy atom. The summed E-state index contributed by atoms with van der Waals surface area (Å²) in [5.74, 6) is -14.5. The highest BCUT2D eigenvalue weighted by atomic mass is 33.1. The molecule has 13 N–H and O–H groups in total. The average Bonchev–Trinajstić information content (AvgIpc) is 0.768. The first kappa shape index (κ1) is 111. The minimum atomic E-state index is -2.49. The number of nitrogens with zero attached hydrogens (tertiary/aromatic N) is 5. The lowest BCUT2D eigenvalue weighted by molar-refractivity contribution is -0.265. The number of carbonyl (C=O) groups is 14. The molecule has 18 atom stereocenters. The lowest BCUT2D eigenvalue weighted by Gasteiger charge is -2.42. The van der Waals surface area contributed by atoms with Gasteiger partial charge in [-0.3, -0.25) is 52.7 Å². The second kappa shape index (κ2) is 56.2. The van der Waals surface area contributed by atoms with E-state index in [1.165, 1.54) is 58.9 Å². The molecule has 2 aromatic heterocycles. The Morgan fingerprint density at radius 2 is 1.50 bits per heavy atom. The van der Waals surface area contributed by atoms with Gasteiger partial charge in [0.05, 0.1) is 55.8 Å². The van der Waals surface area contributed by atoms with Gasteiger partial charge in [0.2, 0.25) is 23.5 Å². The molecule has 734 valence electrons. The molecule has 0 radical (unpaired) electrons. The van der Waals surface area contributed by atoms with Gasteiger partial charge in [-0.15, -0.1) is 0 Å². The zero-order valence-electron chi connectivity index (χ0n) is 77.6. The number of Topliss-reactive ketones (excluding diaryl/α,β-unsaturated/α-hetero) is 5. The Balaban J connectivity index is 0.775. The number of aliphatic hydroxyl groups excluding tert-OH is 1. The lowest BCUT2D eigenvalue weighted by atomic mass is 9.75. The molecule has 37 nitrogen and oxygen atoms in total. The number of esters is 2. The summed E-state index contributed by atoms with van der Waals surface area (Å²) in [6.45, 7) is 15.3. The first-order chi connectivity index (χ1) is 63.3. The zero-order chi connectivity index (χ0) is 97.6. The van der Waals surface area contributed by atoms with Crippen molar-refractivity contribution in [2.75, 3.05) is 93.5 Å². The molecule has 7 rings (SSSR count). The number of anilines is 3. The number of hydrogen-bond acceptors (Lipinski definition) is 34. The van der Waals surface area contributed by atoms with Crippen molar-refractivity contribution in [3.05, 3.63) is 89.3 Å². The van der Waals surface area contributed by atoms with Crippen molar-refractivity contribution in [2.45, 2.75) is 245 Å². The fraction of sp³-hybridized carbons (Fsp3) is 0.630. The van der Waals surface area contributed by atoms with Gasteiger partial charge in [0, 0.05) is 125 Å². The molecule has 1 aromatic carbocycles. The van der Waals surface area contributed by atoms with Gasteiger partial charge < -0.3 is 96.5 Å². The predicted molar refractivity (Wildman–Crippen MR) is 503 cm³/mol. The van der Waals surface area contributed by atoms with Crippen LogP contribution in [0.3, 0.4) is 0 Å². The van der Waals surface area contributed by atoms with Crippen LogP contribution in [0.15, 0.2) is 78.1 Å². The van der Waals surface area contributed by atoms with E-state index in [1.54, 1.807) is 53.0 Å². The number of fused-ring (bicyclic) bond motifs is 4. The first-order valence-electron chi connectivity index (χ1n) is 45.2. The Hall–Kier alpha value is -9.46. The molecular weight excluding hydrogens is 1800 g/mol. The normalized spacial score (nSPS) is 26.1. The summed E-state index contributed by atoms with van der Waals surface area (Å²) in [4.78, 5) is 203. The van der Waals surface area contributed by atoms with Crippen LogP contribution in [-0.2, 0) is 97.2 Å². The molecule has 3 aliphatic heterocycles. The van der Waals surface area contributed by atoms with Gasteiger partial charge in [0.25, 0.3) is 17.6 Å². The van der Waals surface area contributed by atoms with E-state index < -0.39 is 168 Å². The molecule has 4 aliphatic rings. The predicted octanol–water partition coefficient (Wildman–Crippen LogP) is 9.05. The summed E-state index contributed by atoms with van der Waals surface area (Å²) in [5, 5.41) is 56.5. The highest BCUT2D eigenvalue weighted by Crippen LogP contribution is 2.40. The van der Waals surface area contributed by atoms with Crippen LogP contribution in [0.2, 0.25) is 0 Å². The van der Waals surface area contributed by atoms with Crippen LogP contribution in [0.25, 0.3) is 11.2 Å². The third-order valence-corrected chi connectivity index (χ3v) is 28.9. The maximum atomic E-state index is 14.8. The number of aliphatic carboxylic acids is 2. The Morgan fingerprint density at radius 1 is 0.759 bits per heavy atom. The minimum Gasteiger partial charge on any atom is -0.481 e. The number of aromatic nitrogens is 4. The zero-order valence-corrected chi connectivity index (χ0v) is 80.8. The van der Waals surface area contributed by atoms with Crippen molar-refractivity contribution >= 4 is 154 Å². The number of carboxylic acids is 2. The van der Waals surface area contributed by atoms with Crippen LogP contribution in [0.4, 0.5) is 22.2 Å². The van der Waals surface area contributed by atoms with Gasteiger partial charge >= 0.3 is 30.0 Å². The molecule has 41 heteroatoms. The average molecular weight is 1930 g/mol. The monoisotopic (exact) mass is 1930 g/mol. The fourth-order valence-electron chi connectivity index (χ4n) is 16.2. The largest absolute Gasteiger partial charge is 0.481 e. The number of benzene rings is 1. The van der Waals surface area contributed by atoms with Crippen LogP contribution in [0.5, 0.6) is 0 Å². The van der Waals surface area contributed by atoms with Gasteiger partial charge in [-0.25, -0.2) is 24.4 Å². The summed E-state index contributed by atoms with van der Waals surface area (Å²) in [6.07, 6.45) is 11.6. The van der Waals surface area contributed by atoms with E-state index in [1.807, 2.05) is 51.2 Å². The second-order valence-corrected chi connectivity index (χ2v) is 39.9. The highest BCUT2D eigenvalue weighted by molar-refractivity contribution is 8.77. The molecule has 2 bridgehead atoms. The molecule has 5 amide bonds. The second-order valence-electron chi connectivity index (χ2n) is 34.6. The number of amides is 5. The number of nitrogens with two attached hydrogens (primary N) is 2. The molecule has 3 aromatic rings. The molecule has 2 saturated heterocycles. The van der Waals surface area contributed by atoms with Gasteiger partial charge in [0.15, 0.2) is 34.3 Å². The summed E-state index contributed by atoms with van der Waals surface area (Å²) in [6, 6.07) is 2.27. The minimum absolute atomic E-state index is 0.0306. The van der Waals surface area contributed by atoms with Gasteiger partial charge in [-0.1, -0.05) is 121 Å². The molecule has 5 heterocycles. The third-order valence-electron chi connectivity index (χ3n) is 24.0. The quantitative estimate of drug-likeness (QED) is 0.00630. The number of hydrogen-bond donors (Lipinski definition) is 11. The van der Waals surface area contributed by atoms with Gasteiger partial charge in [-0.05, 0) is 150 Å². The van der Waals surface area contributed by atoms with Gasteiger partial charge in [-0.2, -0.15) is 9.97 Å². The van der Waals surface area contributed by atoms with Crippen LogP contribution < -0.4 is 38.1 Å². The number of nitrogens with one attached hydrogen (secondary N) is 5. The number of carbonyl (C=O) groups excluding carboxylic acids is 12. The van der Waals surface area contributed by atoms with Crippen molar-refractivity contribution in [3.63, 3.8) is 0 Å². The van der Waals surface area contributed by atoms with Crippen molar-refractivity contribution < 1.29 is 121 Å². The van der Waals surface area contributed by atoms with E-state index in [0.29, 0.717) is 79.8 Å². The van der Waals surface area contributed by atoms with E-state index >= 15 is 0 Å². The number of cyclic esters (lactones) is 1. The maximum Gasteiger partial charge on any atom is 0.407 e. The standard InChI is InChI=1S/C92H132N12O25S4/c1-52-18-13-12-14-19-53(2)74(123-10)45-67-29-22-59(8)92(122,129-67)82(113)86(115)104-33-16-15-20-70(104)89(120)128-75(46-71(107)54(3)41-58(7)80(112)81(124-11)79(111)57(6)40-52)56(5)43-61-23-31-73(55(4)42-61)125-34-35-126-77(110)21-17-37-130-131-38-32-76(109)96-50-69(99-60(9)105)72(108)44-63(87(116)117)51-133-132-39-36-127-91(121)98-49-66(106)28-30-68(88(118)119)101-85(114)62-24-26-64(27-25-62)95-47-65-48-97-84-78(100-65)83(93)102-90(94)103-84/h12-14,18-19,24-27,41,48,52,54-57,59,61,63,67-70,73-75,80-81,95,112,122H,15-17,20-23,28-40,42-47,49-51H2,1-11H3,(H,96,109)(H,98,121)(H,99,105)(H,101,114)(H,116,117)(H,118,119)(H4,93,94,97,102,103)/b14-12+,18-13+,53-19+,58-41+/t52-,54-,55-,56-,57-,59-,61-,63+,67+,68+,69+,70+,73-,74+,75+,80-,81+,92-/m1/s1. The number of alkyl carbamates (subject to hydrolysis) is 1. The topological polar surface area (TPSA) is 551 Å². The summed E-state index contributed by atoms with van der Waals surface area (Å²) in [5.41, 5.74) is 14.5. The van der Waals surface area contributed by atoms with E-state index in [9.17, 15) is 87.5 Å². The molecule has 3 fully saturated rings. The Bertz CT molecular complexity index is 4600. The fourth-order valence-corrected chi connectivity index (χ4v) is 20.4. The number of rotatable bonds is 41. The Labute approximate surface area is 791 Å². The van der Waals surface area contributed by atoms with Crippen molar-refractivity contribution in [3.8, 4) is 0 Å². The van der Waals surface area contributed by atoms with Crippen molar-refractivity contribution in [1.29, 1.82) is 0 Å².